The van der Waals surface area contributed by atoms with E-state index in [1.807, 2.05) is 0 Å². The zero-order valence-electron chi connectivity index (χ0n) is 11.4. The zero-order valence-corrected chi connectivity index (χ0v) is 12.3. The molecule has 4 nitrogen and oxygen atoms in total. The van der Waals surface area contributed by atoms with Crippen LogP contribution in [0.2, 0.25) is 0 Å². The number of aromatic nitrogens is 2. The molecule has 3 rings (SSSR count). The largest absolute Gasteiger partial charge is 0.367 e. The Labute approximate surface area is 117 Å². The summed E-state index contributed by atoms with van der Waals surface area (Å²) in [6.45, 7) is 5.36. The van der Waals surface area contributed by atoms with Crippen molar-refractivity contribution < 1.29 is 0 Å². The van der Waals surface area contributed by atoms with Crippen molar-refractivity contribution in [3.63, 3.8) is 0 Å². The van der Waals surface area contributed by atoms with Crippen molar-refractivity contribution in [1.29, 1.82) is 0 Å². The molecule has 0 radical (unpaired) electrons. The van der Waals surface area contributed by atoms with Crippen molar-refractivity contribution in [1.82, 2.24) is 9.97 Å². The molecule has 0 spiro atoms. The lowest BCUT2D eigenvalue weighted by Crippen LogP contribution is -2.34. The molecule has 0 bridgehead atoms. The zero-order chi connectivity index (χ0) is 13.2. The Bertz CT molecular complexity index is 560. The summed E-state index contributed by atoms with van der Waals surface area (Å²) in [6.07, 6.45) is 3.56. The van der Waals surface area contributed by atoms with Crippen molar-refractivity contribution in [3.05, 3.63) is 11.4 Å². The van der Waals surface area contributed by atoms with Gasteiger partial charge in [-0.05, 0) is 36.6 Å². The Hall–Kier alpha value is -1.36. The molecule has 0 amide bonds. The highest BCUT2D eigenvalue weighted by molar-refractivity contribution is 7.16. The lowest BCUT2D eigenvalue weighted by atomic mass is 9.82. The summed E-state index contributed by atoms with van der Waals surface area (Å²) in [5.41, 5.74) is 0. The second-order valence-electron chi connectivity index (χ2n) is 5.38. The third-order valence-electron chi connectivity index (χ3n) is 3.57. The number of nitrogens with one attached hydrogen (secondary N) is 2. The van der Waals surface area contributed by atoms with Crippen LogP contribution in [0.25, 0.3) is 10.2 Å². The van der Waals surface area contributed by atoms with Gasteiger partial charge in [-0.25, -0.2) is 4.98 Å². The number of hydrogen-bond donors (Lipinski definition) is 2. The summed E-state index contributed by atoms with van der Waals surface area (Å²) in [7, 11) is 0. The van der Waals surface area contributed by atoms with E-state index in [4.69, 9.17) is 0 Å². The van der Waals surface area contributed by atoms with E-state index in [9.17, 15) is 0 Å². The van der Waals surface area contributed by atoms with Gasteiger partial charge in [-0.15, -0.1) is 11.3 Å². The maximum atomic E-state index is 4.63. The molecule has 0 saturated heterocycles. The predicted molar refractivity (Wildman–Crippen MR) is 82.0 cm³/mol. The fraction of sp³-hybridized carbons (Fsp3) is 0.571. The number of thiophene rings is 1. The average Bonchev–Trinajstić information content (AvgIpc) is 2.82. The molecular formula is C14H20N4S. The molecule has 0 unspecified atom stereocenters. The highest BCUT2D eigenvalue weighted by Gasteiger charge is 2.26. The van der Waals surface area contributed by atoms with Gasteiger partial charge in [-0.2, -0.15) is 4.98 Å². The van der Waals surface area contributed by atoms with Crippen LogP contribution >= 0.6 is 11.3 Å². The van der Waals surface area contributed by atoms with Gasteiger partial charge < -0.3 is 10.6 Å². The molecule has 1 aliphatic rings. The third kappa shape index (κ3) is 2.66. The van der Waals surface area contributed by atoms with Gasteiger partial charge in [0.2, 0.25) is 5.95 Å². The number of anilines is 2. The molecule has 2 N–H and O–H groups in total. The van der Waals surface area contributed by atoms with Gasteiger partial charge in [-0.1, -0.05) is 13.8 Å². The van der Waals surface area contributed by atoms with Gasteiger partial charge in [0.15, 0.2) is 0 Å². The van der Waals surface area contributed by atoms with Crippen LogP contribution in [0.5, 0.6) is 0 Å². The normalized spacial score (nSPS) is 22.2. The minimum absolute atomic E-state index is 0.576. The Morgan fingerprint density at radius 3 is 2.95 bits per heavy atom. The molecule has 2 aromatic rings. The minimum Gasteiger partial charge on any atom is -0.367 e. The first-order chi connectivity index (χ1) is 9.26. The van der Waals surface area contributed by atoms with E-state index in [0.717, 1.165) is 40.9 Å². The van der Waals surface area contributed by atoms with Crippen molar-refractivity contribution in [2.24, 2.45) is 5.92 Å². The summed E-state index contributed by atoms with van der Waals surface area (Å²) < 4.78 is 0. The molecule has 1 aliphatic carbocycles. The van der Waals surface area contributed by atoms with Crippen LogP contribution in [-0.4, -0.2) is 22.6 Å². The summed E-state index contributed by atoms with van der Waals surface area (Å²) in [4.78, 5) is 10.2. The Kier molecular flexibility index (Phi) is 3.55. The van der Waals surface area contributed by atoms with Crippen LogP contribution in [0.1, 0.15) is 33.1 Å². The van der Waals surface area contributed by atoms with E-state index < -0.39 is 0 Å². The molecule has 0 aromatic carbocycles. The highest BCUT2D eigenvalue weighted by atomic mass is 32.1. The summed E-state index contributed by atoms with van der Waals surface area (Å²) in [5, 5.41) is 10.1. The van der Waals surface area contributed by atoms with Gasteiger partial charge in [0.05, 0.1) is 5.39 Å². The van der Waals surface area contributed by atoms with Crippen LogP contribution in [0.3, 0.4) is 0 Å². The lowest BCUT2D eigenvalue weighted by molar-refractivity contribution is 0.309. The first-order valence-corrected chi connectivity index (χ1v) is 7.90. The van der Waals surface area contributed by atoms with Crippen molar-refractivity contribution >= 4 is 33.3 Å². The van der Waals surface area contributed by atoms with Crippen molar-refractivity contribution in [2.45, 2.75) is 39.2 Å². The van der Waals surface area contributed by atoms with E-state index in [-0.39, 0.29) is 0 Å². The fourth-order valence-corrected chi connectivity index (χ4v) is 3.26. The number of nitrogens with zero attached hydrogens (tertiary/aromatic N) is 2. The van der Waals surface area contributed by atoms with Crippen molar-refractivity contribution in [2.75, 3.05) is 17.2 Å². The SMILES string of the molecule is CCCNc1nc(NC2CC(C)C2)c2ccsc2n1. The van der Waals surface area contributed by atoms with Gasteiger partial charge >= 0.3 is 0 Å². The second-order valence-corrected chi connectivity index (χ2v) is 6.27. The molecule has 0 aliphatic heterocycles. The van der Waals surface area contributed by atoms with Gasteiger partial charge in [0.1, 0.15) is 10.6 Å². The third-order valence-corrected chi connectivity index (χ3v) is 4.38. The Morgan fingerprint density at radius 1 is 1.37 bits per heavy atom. The van der Waals surface area contributed by atoms with Crippen molar-refractivity contribution in [3.8, 4) is 0 Å². The topological polar surface area (TPSA) is 49.8 Å². The minimum atomic E-state index is 0.576. The van der Waals surface area contributed by atoms with Crippen LogP contribution in [-0.2, 0) is 0 Å². The summed E-state index contributed by atoms with van der Waals surface area (Å²) in [5.74, 6) is 2.57. The maximum Gasteiger partial charge on any atom is 0.226 e. The summed E-state index contributed by atoms with van der Waals surface area (Å²) >= 11 is 1.67. The van der Waals surface area contributed by atoms with E-state index in [0.29, 0.717) is 6.04 Å². The number of hydrogen-bond acceptors (Lipinski definition) is 5. The highest BCUT2D eigenvalue weighted by Crippen LogP contribution is 2.32. The van der Waals surface area contributed by atoms with E-state index in [1.54, 1.807) is 11.3 Å². The molecule has 1 fully saturated rings. The fourth-order valence-electron chi connectivity index (χ4n) is 2.49. The van der Waals surface area contributed by atoms with Crippen LogP contribution in [0.4, 0.5) is 11.8 Å². The predicted octanol–water partition coefficient (Wildman–Crippen LogP) is 3.72. The molecular weight excluding hydrogens is 256 g/mol. The molecule has 19 heavy (non-hydrogen) atoms. The maximum absolute atomic E-state index is 4.63. The molecule has 5 heteroatoms. The Morgan fingerprint density at radius 2 is 2.21 bits per heavy atom. The molecule has 2 heterocycles. The smallest absolute Gasteiger partial charge is 0.226 e. The quantitative estimate of drug-likeness (QED) is 0.873. The second kappa shape index (κ2) is 5.33. The van der Waals surface area contributed by atoms with E-state index >= 15 is 0 Å². The van der Waals surface area contributed by atoms with Gasteiger partial charge in [0, 0.05) is 12.6 Å². The monoisotopic (exact) mass is 276 g/mol. The van der Waals surface area contributed by atoms with Gasteiger partial charge in [0.25, 0.3) is 0 Å². The summed E-state index contributed by atoms with van der Waals surface area (Å²) in [6, 6.07) is 2.68. The van der Waals surface area contributed by atoms with Crippen LogP contribution in [0, 0.1) is 5.92 Å². The van der Waals surface area contributed by atoms with Crippen LogP contribution < -0.4 is 10.6 Å². The lowest BCUT2D eigenvalue weighted by Gasteiger charge is -2.33. The van der Waals surface area contributed by atoms with E-state index in [2.05, 4.69) is 45.9 Å². The first-order valence-electron chi connectivity index (χ1n) is 7.02. The molecule has 0 atom stereocenters. The van der Waals surface area contributed by atoms with E-state index in [1.165, 1.54) is 12.8 Å². The average molecular weight is 276 g/mol. The molecule has 2 aromatic heterocycles. The van der Waals surface area contributed by atoms with Crippen LogP contribution in [0.15, 0.2) is 11.4 Å². The standard InChI is InChI=1S/C14H20N4S/c1-3-5-15-14-17-12(16-10-7-9(2)8-10)11-4-6-19-13(11)18-14/h4,6,9-10H,3,5,7-8H2,1-2H3,(H2,15,16,17,18). The molecule has 102 valence electrons. The number of fused-ring (bicyclic) bond motifs is 1. The van der Waals surface area contributed by atoms with Gasteiger partial charge in [-0.3, -0.25) is 0 Å². The Balaban J connectivity index is 1.85. The molecule has 1 saturated carbocycles. The first kappa shape index (κ1) is 12.7. The number of rotatable bonds is 5.